The lowest BCUT2D eigenvalue weighted by Crippen LogP contribution is -2.14. The third-order valence-electron chi connectivity index (χ3n) is 12.0. The quantitative estimate of drug-likeness (QED) is 0.00766. The predicted octanol–water partition coefficient (Wildman–Crippen LogP) is 12.9. The van der Waals surface area contributed by atoms with Crippen LogP contribution in [0.2, 0.25) is 0 Å². The zero-order chi connectivity index (χ0) is 54.5. The average Bonchev–Trinajstić information content (AvgIpc) is 3.51. The summed E-state index contributed by atoms with van der Waals surface area (Å²) in [4.78, 5) is 62.5. The standard InChI is InChI=1S/C62H66N2O13/c1-4-55(65)72-39-19-9-7-17-37-70-50-33-28-46(29-34-50)61(68)76-58-52-25-15-16-26-53(52)60(77-62(69)47-30-35-51(36-31-47)71-38-18-8-10-20-40-73-56(66)5-2)59(75-42-22-12-11-21-41-74-57(67)6-3)54(58)44-63-64-49-32-27-45-23-13-14-24-48(45)43-49/h4-6,13-16,23-36,43-44,64H,1-3,7-12,17-22,37-42H2/b63-44+. The lowest BCUT2D eigenvalue weighted by atomic mass is 10.0. The van der Waals surface area contributed by atoms with Gasteiger partial charge in [-0.05, 0) is 148 Å². The summed E-state index contributed by atoms with van der Waals surface area (Å²) in [6, 6.07) is 34.2. The van der Waals surface area contributed by atoms with E-state index in [1.165, 1.54) is 6.21 Å². The van der Waals surface area contributed by atoms with Gasteiger partial charge in [-0.25, -0.2) is 24.0 Å². The van der Waals surface area contributed by atoms with Crippen molar-refractivity contribution in [3.8, 4) is 28.7 Å². The van der Waals surface area contributed by atoms with Crippen LogP contribution in [0.3, 0.4) is 0 Å². The normalized spacial score (nSPS) is 10.9. The molecule has 1 N–H and O–H groups in total. The molecule has 0 spiro atoms. The van der Waals surface area contributed by atoms with Crippen molar-refractivity contribution in [1.29, 1.82) is 0 Å². The number of carbonyl (C=O) groups is 5. The number of esters is 5. The van der Waals surface area contributed by atoms with Crippen LogP contribution in [-0.2, 0) is 28.6 Å². The summed E-state index contributed by atoms with van der Waals surface area (Å²) in [6.45, 7) is 12.3. The molecular formula is C62H66N2O13. The number of rotatable bonds is 34. The van der Waals surface area contributed by atoms with Gasteiger partial charge in [0, 0.05) is 29.0 Å². The van der Waals surface area contributed by atoms with Crippen molar-refractivity contribution in [1.82, 2.24) is 0 Å². The Kier molecular flexibility index (Phi) is 23.8. The molecule has 0 bridgehead atoms. The van der Waals surface area contributed by atoms with Gasteiger partial charge >= 0.3 is 29.8 Å². The molecule has 0 fully saturated rings. The highest BCUT2D eigenvalue weighted by Gasteiger charge is 2.27. The molecule has 0 aromatic heterocycles. The Morgan fingerprint density at radius 1 is 0.429 bits per heavy atom. The Labute approximate surface area is 449 Å². The number of nitrogens with one attached hydrogen (secondary N) is 1. The Balaban J connectivity index is 1.25. The fraction of sp³-hybridized carbons (Fsp3) is 0.290. The molecule has 6 aromatic carbocycles. The van der Waals surface area contributed by atoms with Gasteiger partial charge in [-0.3, -0.25) is 5.43 Å². The Bertz CT molecular complexity index is 2970. The number of unbranched alkanes of at least 4 members (excludes halogenated alkanes) is 9. The second kappa shape index (κ2) is 31.9. The summed E-state index contributed by atoms with van der Waals surface area (Å²) in [5.74, 6) is -1.20. The summed E-state index contributed by atoms with van der Waals surface area (Å²) < 4.78 is 46.4. The van der Waals surface area contributed by atoms with Crippen LogP contribution in [0.5, 0.6) is 28.7 Å². The molecule has 0 saturated heterocycles. The Morgan fingerprint density at radius 3 is 1.32 bits per heavy atom. The molecule has 0 amide bonds. The van der Waals surface area contributed by atoms with Crippen molar-refractivity contribution >= 4 is 63.3 Å². The van der Waals surface area contributed by atoms with E-state index in [0.29, 0.717) is 67.2 Å². The molecule has 0 saturated carbocycles. The van der Waals surface area contributed by atoms with Crippen LogP contribution in [-0.4, -0.2) is 75.7 Å². The van der Waals surface area contributed by atoms with E-state index in [2.05, 4.69) is 30.3 Å². The van der Waals surface area contributed by atoms with Crippen molar-refractivity contribution in [3.63, 3.8) is 0 Å². The maximum Gasteiger partial charge on any atom is 0.343 e. The maximum atomic E-state index is 14.2. The summed E-state index contributed by atoms with van der Waals surface area (Å²) >= 11 is 0. The van der Waals surface area contributed by atoms with Crippen LogP contribution < -0.4 is 29.1 Å². The van der Waals surface area contributed by atoms with E-state index < -0.39 is 29.8 Å². The molecule has 0 aliphatic heterocycles. The number of benzene rings is 6. The molecule has 0 unspecified atom stereocenters. The van der Waals surface area contributed by atoms with Gasteiger partial charge in [-0.2, -0.15) is 5.10 Å². The number of anilines is 1. The molecule has 0 aliphatic carbocycles. The lowest BCUT2D eigenvalue weighted by molar-refractivity contribution is -0.138. The molecule has 6 rings (SSSR count). The minimum atomic E-state index is -0.673. The van der Waals surface area contributed by atoms with Gasteiger partial charge in [-0.15, -0.1) is 0 Å². The number of ether oxygens (including phenoxy) is 8. The van der Waals surface area contributed by atoms with E-state index in [1.807, 2.05) is 42.5 Å². The van der Waals surface area contributed by atoms with Crippen LogP contribution in [0, 0.1) is 0 Å². The molecule has 77 heavy (non-hydrogen) atoms. The fourth-order valence-corrected chi connectivity index (χ4v) is 7.87. The van der Waals surface area contributed by atoms with E-state index >= 15 is 0 Å². The van der Waals surface area contributed by atoms with Gasteiger partial charge in [0.2, 0.25) is 0 Å². The van der Waals surface area contributed by atoms with Crippen LogP contribution in [0.25, 0.3) is 21.5 Å². The highest BCUT2D eigenvalue weighted by molar-refractivity contribution is 6.08. The van der Waals surface area contributed by atoms with E-state index in [-0.39, 0.29) is 47.2 Å². The second-order valence-corrected chi connectivity index (χ2v) is 17.6. The monoisotopic (exact) mass is 1050 g/mol. The van der Waals surface area contributed by atoms with Gasteiger partial charge in [0.25, 0.3) is 0 Å². The number of nitrogens with zero attached hydrogens (tertiary/aromatic N) is 1. The van der Waals surface area contributed by atoms with Crippen molar-refractivity contribution in [2.24, 2.45) is 5.10 Å². The molecular weight excluding hydrogens is 981 g/mol. The number of hydrogen-bond acceptors (Lipinski definition) is 15. The number of hydrazone groups is 1. The third-order valence-corrected chi connectivity index (χ3v) is 12.0. The first kappa shape index (κ1) is 57.6. The number of carbonyl (C=O) groups excluding carboxylic acids is 5. The first-order chi connectivity index (χ1) is 37.7. The number of hydrogen-bond donors (Lipinski definition) is 1. The van der Waals surface area contributed by atoms with Crippen LogP contribution in [0.15, 0.2) is 158 Å². The number of fused-ring (bicyclic) bond motifs is 2. The van der Waals surface area contributed by atoms with Crippen molar-refractivity contribution in [3.05, 3.63) is 170 Å². The summed E-state index contributed by atoms with van der Waals surface area (Å²) in [6.07, 6.45) is 14.2. The topological polar surface area (TPSA) is 184 Å². The third kappa shape index (κ3) is 18.9. The van der Waals surface area contributed by atoms with E-state index in [9.17, 15) is 24.0 Å². The Hall–Kier alpha value is -8.72. The van der Waals surface area contributed by atoms with Gasteiger partial charge in [0.15, 0.2) is 17.2 Å². The SMILES string of the molecule is C=CC(=O)OCCCCCCOc1ccc(C(=O)Oc2c(/C=N/Nc3ccc4ccccc4c3)c(OCCCCCCOC(=O)C=C)c(OC(=O)c3ccc(OCCCCCCOC(=O)C=C)cc3)c3ccccc23)cc1. The van der Waals surface area contributed by atoms with Gasteiger partial charge < -0.3 is 37.9 Å². The molecule has 0 aliphatic rings. The highest BCUT2D eigenvalue weighted by atomic mass is 16.6. The van der Waals surface area contributed by atoms with Crippen LogP contribution in [0.1, 0.15) is 103 Å². The van der Waals surface area contributed by atoms with Gasteiger partial charge in [-0.1, -0.05) is 74.3 Å². The lowest BCUT2D eigenvalue weighted by Gasteiger charge is -2.20. The minimum absolute atomic E-state index is 0.0890. The molecule has 402 valence electrons. The van der Waals surface area contributed by atoms with Crippen LogP contribution in [0.4, 0.5) is 5.69 Å². The van der Waals surface area contributed by atoms with Crippen molar-refractivity contribution in [2.45, 2.75) is 77.0 Å². The fourth-order valence-electron chi connectivity index (χ4n) is 7.87. The molecule has 0 heterocycles. The van der Waals surface area contributed by atoms with Gasteiger partial charge in [0.1, 0.15) is 11.5 Å². The highest BCUT2D eigenvalue weighted by Crippen LogP contribution is 2.46. The summed E-state index contributed by atoms with van der Waals surface area (Å²) in [5.41, 5.74) is 4.53. The first-order valence-electron chi connectivity index (χ1n) is 25.9. The molecule has 15 nitrogen and oxygen atoms in total. The predicted molar refractivity (Wildman–Crippen MR) is 297 cm³/mol. The molecule has 0 atom stereocenters. The first-order valence-corrected chi connectivity index (χ1v) is 25.9. The molecule has 6 aromatic rings. The van der Waals surface area contributed by atoms with Crippen molar-refractivity contribution in [2.75, 3.05) is 45.1 Å². The average molecular weight is 1050 g/mol. The van der Waals surface area contributed by atoms with E-state index in [1.54, 1.807) is 72.8 Å². The van der Waals surface area contributed by atoms with Gasteiger partial charge in [0.05, 0.1) is 68.2 Å². The Morgan fingerprint density at radius 2 is 0.844 bits per heavy atom. The summed E-state index contributed by atoms with van der Waals surface area (Å²) in [5, 5.41) is 7.57. The second-order valence-electron chi connectivity index (χ2n) is 17.6. The zero-order valence-electron chi connectivity index (χ0n) is 43.4. The smallest absolute Gasteiger partial charge is 0.343 e. The zero-order valence-corrected chi connectivity index (χ0v) is 43.4. The summed E-state index contributed by atoms with van der Waals surface area (Å²) in [7, 11) is 0. The maximum absolute atomic E-state index is 14.2. The largest absolute Gasteiger partial charge is 0.494 e. The van der Waals surface area contributed by atoms with Crippen molar-refractivity contribution < 1.29 is 61.9 Å². The van der Waals surface area contributed by atoms with Crippen LogP contribution >= 0.6 is 0 Å². The van der Waals surface area contributed by atoms with E-state index in [0.717, 1.165) is 93.2 Å². The molecule has 0 radical (unpaired) electrons. The minimum Gasteiger partial charge on any atom is -0.494 e. The van der Waals surface area contributed by atoms with E-state index in [4.69, 9.17) is 37.9 Å². The molecule has 15 heteroatoms.